The predicted molar refractivity (Wildman–Crippen MR) is 114 cm³/mol. The highest BCUT2D eigenvalue weighted by atomic mass is 32.1. The summed E-state index contributed by atoms with van der Waals surface area (Å²) in [6, 6.07) is 8.41. The van der Waals surface area contributed by atoms with E-state index in [1.165, 1.54) is 13.2 Å². The number of rotatable bonds is 9. The third-order valence-corrected chi connectivity index (χ3v) is 4.85. The van der Waals surface area contributed by atoms with Gasteiger partial charge in [-0.25, -0.2) is 9.18 Å². The summed E-state index contributed by atoms with van der Waals surface area (Å²) in [4.78, 5) is 23.9. The smallest absolute Gasteiger partial charge is 0.412 e. The number of esters is 1. The highest BCUT2D eigenvalue weighted by Gasteiger charge is 2.29. The van der Waals surface area contributed by atoms with Crippen LogP contribution in [0.5, 0.6) is 17.2 Å². The molecular weight excluding hydrogens is 445 g/mol. The summed E-state index contributed by atoms with van der Waals surface area (Å²) in [5.74, 6) is -1.01. The summed E-state index contributed by atoms with van der Waals surface area (Å²) < 4.78 is 40.5. The number of hydrogen-bond acceptors (Lipinski definition) is 9. The predicted octanol–water partition coefficient (Wildman–Crippen LogP) is 3.43. The molecule has 0 aliphatic carbocycles. The fourth-order valence-electron chi connectivity index (χ4n) is 3.02. The van der Waals surface area contributed by atoms with E-state index in [2.05, 4.69) is 17.9 Å². The van der Waals surface area contributed by atoms with Crippen molar-refractivity contribution in [2.75, 3.05) is 31.6 Å². The van der Waals surface area contributed by atoms with Crippen LogP contribution in [0.3, 0.4) is 0 Å². The molecule has 3 rings (SSSR count). The molecule has 0 unspecified atom stereocenters. The number of methoxy groups -OCH3 is 1. The van der Waals surface area contributed by atoms with Crippen LogP contribution in [0.4, 0.5) is 14.9 Å². The Morgan fingerprint density at radius 1 is 1.22 bits per heavy atom. The van der Waals surface area contributed by atoms with Crippen LogP contribution in [0.1, 0.15) is 18.1 Å². The Morgan fingerprint density at radius 2 is 2.00 bits per heavy atom. The summed E-state index contributed by atoms with van der Waals surface area (Å²) in [7, 11) is 1.38. The normalized spacial score (nSPS) is 13.8. The van der Waals surface area contributed by atoms with Crippen molar-refractivity contribution in [2.24, 2.45) is 0 Å². The molecule has 9 nitrogen and oxygen atoms in total. The molecule has 0 spiro atoms. The van der Waals surface area contributed by atoms with Crippen molar-refractivity contribution in [3.05, 3.63) is 47.8 Å². The van der Waals surface area contributed by atoms with Crippen molar-refractivity contribution in [1.29, 1.82) is 0 Å². The van der Waals surface area contributed by atoms with Crippen molar-refractivity contribution in [1.82, 2.24) is 0 Å². The minimum absolute atomic E-state index is 0.0257. The van der Waals surface area contributed by atoms with E-state index in [0.717, 1.165) is 12.1 Å². The first-order valence-corrected chi connectivity index (χ1v) is 10.2. The first-order valence-electron chi connectivity index (χ1n) is 9.56. The third kappa shape index (κ3) is 5.95. The molecule has 2 aromatic rings. The van der Waals surface area contributed by atoms with Gasteiger partial charge < -0.3 is 28.8 Å². The summed E-state index contributed by atoms with van der Waals surface area (Å²) >= 11 is 3.83. The standard InChI is InChI=1S/C21H22FNO8S/c1-27-17(6-7-28-19(25)10-32)20(12-2-4-15(24)14(22)8-12)31-21(26)23-13-3-5-16-18(9-13)30-11-29-16/h2-5,8-9,17,20,24,32H,6-7,10-11H2,1H3,(H,23,26)/t17-,20-/m0/s1. The van der Waals surface area contributed by atoms with Crippen LogP contribution in [0.2, 0.25) is 0 Å². The second kappa shape index (κ2) is 10.9. The first-order chi connectivity index (χ1) is 15.4. The lowest BCUT2D eigenvalue weighted by molar-refractivity contribution is -0.141. The Hall–Kier alpha value is -3.18. The summed E-state index contributed by atoms with van der Waals surface area (Å²) in [6.45, 7) is 0.0626. The number of aromatic hydroxyl groups is 1. The molecule has 1 aliphatic heterocycles. The van der Waals surface area contributed by atoms with Gasteiger partial charge in [-0.1, -0.05) is 6.07 Å². The lowest BCUT2D eigenvalue weighted by Gasteiger charge is -2.26. The number of phenols is 1. The van der Waals surface area contributed by atoms with E-state index in [9.17, 15) is 19.1 Å². The van der Waals surface area contributed by atoms with Crippen molar-refractivity contribution in [3.8, 4) is 17.2 Å². The molecule has 1 amide bonds. The van der Waals surface area contributed by atoms with Gasteiger partial charge in [0, 0.05) is 25.3 Å². The van der Waals surface area contributed by atoms with E-state index >= 15 is 0 Å². The molecule has 0 saturated carbocycles. The zero-order valence-electron chi connectivity index (χ0n) is 17.1. The fraction of sp³-hybridized carbons (Fsp3) is 0.333. The van der Waals surface area contributed by atoms with Crippen LogP contribution in [0.15, 0.2) is 36.4 Å². The molecule has 172 valence electrons. The first kappa shape index (κ1) is 23.5. The number of amides is 1. The number of fused-ring (bicyclic) bond motifs is 1. The molecule has 2 N–H and O–H groups in total. The number of ether oxygens (including phenoxy) is 5. The Labute approximate surface area is 188 Å². The number of benzene rings is 2. The zero-order chi connectivity index (χ0) is 23.1. The van der Waals surface area contributed by atoms with Gasteiger partial charge in [-0.05, 0) is 29.8 Å². The molecule has 1 aliphatic rings. The van der Waals surface area contributed by atoms with Gasteiger partial charge in [0.25, 0.3) is 0 Å². The Morgan fingerprint density at radius 3 is 2.72 bits per heavy atom. The van der Waals surface area contributed by atoms with Gasteiger partial charge >= 0.3 is 12.1 Å². The SMILES string of the molecule is CO[C@@H](CCOC(=O)CS)[C@@H](OC(=O)Nc1ccc2c(c1)OCO2)c1ccc(O)c(F)c1. The monoisotopic (exact) mass is 467 g/mol. The van der Waals surface area contributed by atoms with Gasteiger partial charge in [0.05, 0.1) is 12.4 Å². The van der Waals surface area contributed by atoms with Crippen molar-refractivity contribution >= 4 is 30.4 Å². The third-order valence-electron chi connectivity index (χ3n) is 4.59. The molecule has 0 saturated heterocycles. The molecule has 1 heterocycles. The minimum atomic E-state index is -1.07. The van der Waals surface area contributed by atoms with Crippen LogP contribution in [0.25, 0.3) is 0 Å². The zero-order valence-corrected chi connectivity index (χ0v) is 18.0. The highest BCUT2D eigenvalue weighted by Crippen LogP contribution is 2.35. The number of nitrogens with one attached hydrogen (secondary N) is 1. The van der Waals surface area contributed by atoms with E-state index in [1.807, 2.05) is 0 Å². The van der Waals surface area contributed by atoms with E-state index < -0.39 is 35.8 Å². The molecule has 2 atom stereocenters. The number of anilines is 1. The number of thiol groups is 1. The number of carbonyl (C=O) groups excluding carboxylic acids is 2. The largest absolute Gasteiger partial charge is 0.505 e. The van der Waals surface area contributed by atoms with Crippen LogP contribution >= 0.6 is 12.6 Å². The van der Waals surface area contributed by atoms with Crippen LogP contribution in [-0.4, -0.2) is 49.5 Å². The van der Waals surface area contributed by atoms with Gasteiger partial charge in [0.15, 0.2) is 29.2 Å². The van der Waals surface area contributed by atoms with E-state index in [0.29, 0.717) is 17.2 Å². The van der Waals surface area contributed by atoms with E-state index in [4.69, 9.17) is 23.7 Å². The molecule has 2 aromatic carbocycles. The molecule has 0 bridgehead atoms. The highest BCUT2D eigenvalue weighted by molar-refractivity contribution is 7.81. The fourth-order valence-corrected chi connectivity index (χ4v) is 3.11. The van der Waals surface area contributed by atoms with E-state index in [1.54, 1.807) is 18.2 Å². The maximum Gasteiger partial charge on any atom is 0.412 e. The molecule has 11 heteroatoms. The summed E-state index contributed by atoms with van der Waals surface area (Å²) in [5.41, 5.74) is 0.639. The summed E-state index contributed by atoms with van der Waals surface area (Å²) in [5, 5.41) is 12.1. The van der Waals surface area contributed by atoms with Crippen LogP contribution in [0, 0.1) is 5.82 Å². The molecule has 0 radical (unpaired) electrons. The Kier molecular flexibility index (Phi) is 8.01. The van der Waals surface area contributed by atoms with E-state index in [-0.39, 0.29) is 31.1 Å². The average molecular weight is 467 g/mol. The Bertz CT molecular complexity index is 973. The van der Waals surface area contributed by atoms with Gasteiger partial charge in [-0.3, -0.25) is 10.1 Å². The van der Waals surface area contributed by atoms with Crippen molar-refractivity contribution in [3.63, 3.8) is 0 Å². The van der Waals surface area contributed by atoms with Gasteiger partial charge in [-0.2, -0.15) is 12.6 Å². The van der Waals surface area contributed by atoms with Crippen molar-refractivity contribution < 1.29 is 42.8 Å². The number of carbonyl (C=O) groups is 2. The average Bonchev–Trinajstić information content (AvgIpc) is 3.25. The maximum absolute atomic E-state index is 14.0. The van der Waals surface area contributed by atoms with Gasteiger partial charge in [0.1, 0.15) is 6.10 Å². The summed E-state index contributed by atoms with van der Waals surface area (Å²) in [6.07, 6.45) is -2.54. The second-order valence-corrected chi connectivity index (χ2v) is 6.99. The van der Waals surface area contributed by atoms with Crippen LogP contribution < -0.4 is 14.8 Å². The molecule has 0 aromatic heterocycles. The molecule has 32 heavy (non-hydrogen) atoms. The quantitative estimate of drug-likeness (QED) is 0.380. The molecular formula is C21H22FNO8S. The van der Waals surface area contributed by atoms with Gasteiger partial charge in [0.2, 0.25) is 6.79 Å². The maximum atomic E-state index is 14.0. The lowest BCUT2D eigenvalue weighted by Crippen LogP contribution is -2.29. The Balaban J connectivity index is 1.75. The van der Waals surface area contributed by atoms with Gasteiger partial charge in [-0.15, -0.1) is 0 Å². The second-order valence-electron chi connectivity index (χ2n) is 6.67. The number of hydrogen-bond donors (Lipinski definition) is 3. The topological polar surface area (TPSA) is 113 Å². The van der Waals surface area contributed by atoms with Crippen LogP contribution in [-0.2, 0) is 19.0 Å². The molecule has 0 fully saturated rings. The number of phenolic OH excluding ortho intramolecular Hbond substituents is 1. The minimum Gasteiger partial charge on any atom is -0.505 e. The van der Waals surface area contributed by atoms with Crippen molar-refractivity contribution in [2.45, 2.75) is 18.6 Å². The lowest BCUT2D eigenvalue weighted by atomic mass is 10.0. The number of halogens is 1.